The fourth-order valence-electron chi connectivity index (χ4n) is 1.31. The summed E-state index contributed by atoms with van der Waals surface area (Å²) >= 11 is 3.07. The van der Waals surface area contributed by atoms with E-state index < -0.39 is 0 Å². The monoisotopic (exact) mass is 341 g/mol. The van der Waals surface area contributed by atoms with Crippen LogP contribution < -0.4 is 4.04 Å². The molecule has 2 rings (SSSR count). The zero-order valence-electron chi connectivity index (χ0n) is 10.5. The van der Waals surface area contributed by atoms with Gasteiger partial charge in [0.2, 0.25) is 0 Å². The second kappa shape index (κ2) is 8.37. The van der Waals surface area contributed by atoms with Gasteiger partial charge in [-0.3, -0.25) is 4.79 Å². The molecule has 2 heteroatoms. The van der Waals surface area contributed by atoms with Crippen molar-refractivity contribution in [2.45, 2.75) is 0 Å². The molecule has 99 valence electrons. The number of hydrogen-bond acceptors (Lipinski definition) is 1. The molecule has 1 nitrogen and oxygen atoms in total. The Balaban J connectivity index is 0.000000218. The molecule has 0 spiro atoms. The van der Waals surface area contributed by atoms with Gasteiger partial charge in [0.1, 0.15) is 0 Å². The summed E-state index contributed by atoms with van der Waals surface area (Å²) < 4.78 is 1.17. The van der Waals surface area contributed by atoms with Gasteiger partial charge in [0.25, 0.3) is 0 Å². The number of benzene rings is 2. The number of hydrogen-bond donors (Lipinski definition) is 0. The van der Waals surface area contributed by atoms with Crippen molar-refractivity contribution in [1.82, 2.24) is 0 Å². The summed E-state index contributed by atoms with van der Waals surface area (Å²) in [4.78, 5) is 11.1. The quantitative estimate of drug-likeness (QED) is 0.618. The van der Waals surface area contributed by atoms with Gasteiger partial charge < -0.3 is 0 Å². The van der Waals surface area contributed by atoms with Gasteiger partial charge in [-0.2, -0.15) is 0 Å². The van der Waals surface area contributed by atoms with Crippen LogP contribution in [0.3, 0.4) is 0 Å². The molecule has 2 aromatic rings. The Bertz CT molecular complexity index is 544. The number of ketones is 1. The second-order valence-electron chi connectivity index (χ2n) is 3.67. The molecule has 0 aromatic heterocycles. The standard InChI is InChI=1S/C11H10O.C6H5.Pd/c1-3-11(12)9(2)10-7-5-4-6-8-10;1-2-4-6-5-3-1;/h3-8H,1-2H2;1-5H;. The van der Waals surface area contributed by atoms with E-state index in [0.29, 0.717) is 5.57 Å². The van der Waals surface area contributed by atoms with Gasteiger partial charge in [0, 0.05) is 5.57 Å². The number of rotatable bonds is 3. The van der Waals surface area contributed by atoms with Crippen molar-refractivity contribution in [2.75, 3.05) is 0 Å². The normalized spacial score (nSPS) is 8.95. The Labute approximate surface area is 125 Å². The predicted octanol–water partition coefficient (Wildman–Crippen LogP) is 3.31. The van der Waals surface area contributed by atoms with Crippen molar-refractivity contribution in [3.63, 3.8) is 0 Å². The van der Waals surface area contributed by atoms with Gasteiger partial charge in [-0.05, 0) is 11.6 Å². The van der Waals surface area contributed by atoms with Gasteiger partial charge in [-0.25, -0.2) is 0 Å². The van der Waals surface area contributed by atoms with E-state index in [1.807, 2.05) is 60.7 Å². The topological polar surface area (TPSA) is 17.1 Å². The van der Waals surface area contributed by atoms with Crippen LogP contribution in [0.1, 0.15) is 5.56 Å². The summed E-state index contributed by atoms with van der Waals surface area (Å²) in [6.07, 6.45) is 1.27. The van der Waals surface area contributed by atoms with Crippen LogP contribution in [0.2, 0.25) is 0 Å². The Morgan fingerprint density at radius 1 is 0.947 bits per heavy atom. The molecule has 0 bridgehead atoms. The first-order valence-electron chi connectivity index (χ1n) is 5.73. The molecule has 0 saturated heterocycles. The first-order chi connectivity index (χ1) is 9.15. The van der Waals surface area contributed by atoms with E-state index in [4.69, 9.17) is 0 Å². The summed E-state index contributed by atoms with van der Waals surface area (Å²) in [5, 5.41) is 0. The Morgan fingerprint density at radius 2 is 1.42 bits per heavy atom. The van der Waals surface area contributed by atoms with E-state index in [0.717, 1.165) is 5.56 Å². The van der Waals surface area contributed by atoms with Crippen LogP contribution >= 0.6 is 0 Å². The molecule has 0 amide bonds. The third-order valence-corrected chi connectivity index (χ3v) is 2.84. The molecule has 0 unspecified atom stereocenters. The molecule has 0 aliphatic carbocycles. The number of carbonyl (C=O) groups is 1. The molecule has 0 saturated carbocycles. The maximum atomic E-state index is 11.1. The van der Waals surface area contributed by atoms with Crippen LogP contribution in [0.15, 0.2) is 79.9 Å². The van der Waals surface area contributed by atoms with Crippen molar-refractivity contribution in [2.24, 2.45) is 0 Å². The fraction of sp³-hybridized carbons (Fsp3) is 0. The molecular weight excluding hydrogens is 327 g/mol. The first kappa shape index (κ1) is 15.3. The molecule has 0 heterocycles. The number of allylic oxidation sites excluding steroid dienone is 2. The van der Waals surface area contributed by atoms with Crippen LogP contribution in [-0.2, 0) is 24.0 Å². The van der Waals surface area contributed by atoms with Crippen LogP contribution in [0.5, 0.6) is 0 Å². The first-order valence-corrected chi connectivity index (χ1v) is 6.51. The van der Waals surface area contributed by atoms with E-state index in [9.17, 15) is 4.79 Å². The molecule has 0 radical (unpaired) electrons. The summed E-state index contributed by atoms with van der Waals surface area (Å²) in [5.41, 5.74) is 1.34. The molecule has 0 aliphatic rings. The van der Waals surface area contributed by atoms with Gasteiger partial charge >= 0.3 is 53.6 Å². The average molecular weight is 342 g/mol. The van der Waals surface area contributed by atoms with Gasteiger partial charge in [-0.1, -0.05) is 43.5 Å². The minimum absolute atomic E-state index is 0.124. The van der Waals surface area contributed by atoms with E-state index in [1.54, 1.807) is 0 Å². The minimum atomic E-state index is -0.124. The maximum absolute atomic E-state index is 11.1. The number of carbonyl (C=O) groups excluding carboxylic acids is 1. The zero-order valence-corrected chi connectivity index (χ0v) is 12.0. The van der Waals surface area contributed by atoms with Gasteiger partial charge in [-0.15, -0.1) is 0 Å². The molecule has 0 aliphatic heterocycles. The van der Waals surface area contributed by atoms with Crippen molar-refractivity contribution in [3.05, 3.63) is 85.5 Å². The summed E-state index contributed by atoms with van der Waals surface area (Å²) in [6.45, 7) is 7.07. The Hall–Kier alpha value is -1.75. The van der Waals surface area contributed by atoms with E-state index in [1.165, 1.54) is 10.1 Å². The second-order valence-corrected chi connectivity index (χ2v) is 4.57. The molecule has 19 heavy (non-hydrogen) atoms. The van der Waals surface area contributed by atoms with Crippen molar-refractivity contribution < 1.29 is 24.0 Å². The molecular formula is C17H15OPd. The van der Waals surface area contributed by atoms with Crippen LogP contribution in [0.4, 0.5) is 0 Å². The van der Waals surface area contributed by atoms with Crippen molar-refractivity contribution in [1.29, 1.82) is 0 Å². The summed E-state index contributed by atoms with van der Waals surface area (Å²) in [6, 6.07) is 19.4. The molecule has 0 fully saturated rings. The summed E-state index contributed by atoms with van der Waals surface area (Å²) in [5.74, 6) is -0.124. The Morgan fingerprint density at radius 3 is 1.79 bits per heavy atom. The summed E-state index contributed by atoms with van der Waals surface area (Å²) in [7, 11) is 0. The van der Waals surface area contributed by atoms with Crippen LogP contribution in [0.25, 0.3) is 5.57 Å². The van der Waals surface area contributed by atoms with E-state index >= 15 is 0 Å². The molecule has 2 aromatic carbocycles. The van der Waals surface area contributed by atoms with Crippen molar-refractivity contribution in [3.8, 4) is 0 Å². The zero-order chi connectivity index (χ0) is 14.1. The third kappa shape index (κ3) is 5.61. The van der Waals surface area contributed by atoms with E-state index in [2.05, 4.69) is 32.4 Å². The Kier molecular flexibility index (Phi) is 6.75. The predicted molar refractivity (Wildman–Crippen MR) is 76.8 cm³/mol. The van der Waals surface area contributed by atoms with Gasteiger partial charge in [0.15, 0.2) is 5.78 Å². The average Bonchev–Trinajstić information content (AvgIpc) is 2.48. The van der Waals surface area contributed by atoms with Crippen molar-refractivity contribution >= 4 is 15.4 Å². The van der Waals surface area contributed by atoms with Crippen LogP contribution in [-0.4, -0.2) is 5.78 Å². The van der Waals surface area contributed by atoms with E-state index in [-0.39, 0.29) is 5.78 Å². The van der Waals surface area contributed by atoms with Crippen LogP contribution in [0, 0.1) is 0 Å². The third-order valence-electron chi connectivity index (χ3n) is 2.32. The SMILES string of the molecule is C=CC(=O)C(=C)c1ccccc1.[Pd][c]1ccccc1. The molecule has 0 atom stereocenters. The van der Waals surface area contributed by atoms with Gasteiger partial charge in [0.05, 0.1) is 0 Å². The molecule has 0 N–H and O–H groups in total. The fourth-order valence-corrected chi connectivity index (χ4v) is 1.61.